The first-order valence-corrected chi connectivity index (χ1v) is 14.2. The molecule has 0 aromatic heterocycles. The Hall–Kier alpha value is -2.95. The summed E-state index contributed by atoms with van der Waals surface area (Å²) in [5.74, 6) is -0.602. The second-order valence-electron chi connectivity index (χ2n) is 9.05. The number of hydrogen-bond acceptors (Lipinski definition) is 5. The minimum atomic E-state index is -4.17. The number of hydrogen-bond donors (Lipinski definition) is 1. The standard InChI is InChI=1S/C27H28Cl2N4O4S/c1-31-13-15-32(16-14-31)27(35)21-7-10-23(11-8-21)30-26(34)19-33(18-20-5-3-2-4-6-20)38(36,37)25-17-22(28)9-12-24(25)29/h2-12,17H,13-16,18-19H2,1H3,(H,30,34). The Morgan fingerprint density at radius 1 is 0.921 bits per heavy atom. The largest absolute Gasteiger partial charge is 0.336 e. The second-order valence-corrected chi connectivity index (χ2v) is 11.8. The van der Waals surface area contributed by atoms with Gasteiger partial charge in [0.25, 0.3) is 5.91 Å². The summed E-state index contributed by atoms with van der Waals surface area (Å²) in [6.07, 6.45) is 0. The quantitative estimate of drug-likeness (QED) is 0.435. The number of sulfonamides is 1. The topological polar surface area (TPSA) is 90.0 Å². The summed E-state index contributed by atoms with van der Waals surface area (Å²) in [4.78, 5) is 29.6. The zero-order valence-corrected chi connectivity index (χ0v) is 23.1. The monoisotopic (exact) mass is 574 g/mol. The van der Waals surface area contributed by atoms with E-state index in [1.165, 1.54) is 18.2 Å². The van der Waals surface area contributed by atoms with Gasteiger partial charge in [-0.3, -0.25) is 9.59 Å². The van der Waals surface area contributed by atoms with Gasteiger partial charge in [0.05, 0.1) is 11.6 Å². The summed E-state index contributed by atoms with van der Waals surface area (Å²) in [5.41, 5.74) is 1.67. The Morgan fingerprint density at radius 3 is 2.24 bits per heavy atom. The fourth-order valence-corrected chi connectivity index (χ4v) is 6.20. The molecule has 11 heteroatoms. The summed E-state index contributed by atoms with van der Waals surface area (Å²) in [7, 11) is -2.15. The van der Waals surface area contributed by atoms with Crippen molar-refractivity contribution in [1.29, 1.82) is 0 Å². The van der Waals surface area contributed by atoms with E-state index in [0.29, 0.717) is 29.9 Å². The van der Waals surface area contributed by atoms with E-state index < -0.39 is 22.5 Å². The average molecular weight is 576 g/mol. The fourth-order valence-electron chi connectivity index (χ4n) is 4.08. The molecule has 1 heterocycles. The van der Waals surface area contributed by atoms with Crippen LogP contribution in [0.15, 0.2) is 77.7 Å². The molecule has 1 N–H and O–H groups in total. The van der Waals surface area contributed by atoms with Crippen molar-refractivity contribution in [2.45, 2.75) is 11.4 Å². The average Bonchev–Trinajstić information content (AvgIpc) is 2.90. The van der Waals surface area contributed by atoms with Crippen LogP contribution in [0.25, 0.3) is 0 Å². The number of nitrogens with one attached hydrogen (secondary N) is 1. The second kappa shape index (κ2) is 12.3. The van der Waals surface area contributed by atoms with E-state index in [0.717, 1.165) is 17.4 Å². The lowest BCUT2D eigenvalue weighted by atomic mass is 10.1. The number of nitrogens with zero attached hydrogens (tertiary/aromatic N) is 3. The van der Waals surface area contributed by atoms with E-state index in [2.05, 4.69) is 10.2 Å². The molecule has 0 atom stereocenters. The number of carbonyl (C=O) groups is 2. The number of piperazine rings is 1. The van der Waals surface area contributed by atoms with Crippen LogP contribution in [-0.2, 0) is 21.4 Å². The Balaban J connectivity index is 1.49. The lowest BCUT2D eigenvalue weighted by Gasteiger charge is -2.32. The van der Waals surface area contributed by atoms with Crippen molar-refractivity contribution in [1.82, 2.24) is 14.1 Å². The molecule has 200 valence electrons. The molecule has 0 unspecified atom stereocenters. The van der Waals surface area contributed by atoms with Crippen molar-refractivity contribution in [3.8, 4) is 0 Å². The first-order valence-electron chi connectivity index (χ1n) is 12.0. The van der Waals surface area contributed by atoms with Gasteiger partial charge < -0.3 is 15.1 Å². The van der Waals surface area contributed by atoms with Crippen LogP contribution in [0.5, 0.6) is 0 Å². The Labute approximate surface area is 232 Å². The van der Waals surface area contributed by atoms with Gasteiger partial charge in [-0.05, 0) is 55.1 Å². The molecule has 2 amide bonds. The van der Waals surface area contributed by atoms with E-state index in [-0.39, 0.29) is 27.4 Å². The summed E-state index contributed by atoms with van der Waals surface area (Å²) in [5, 5.41) is 2.94. The lowest BCUT2D eigenvalue weighted by Crippen LogP contribution is -2.47. The molecule has 3 aromatic carbocycles. The molecule has 0 spiro atoms. The van der Waals surface area contributed by atoms with E-state index in [9.17, 15) is 18.0 Å². The lowest BCUT2D eigenvalue weighted by molar-refractivity contribution is -0.116. The molecule has 1 aliphatic rings. The zero-order valence-electron chi connectivity index (χ0n) is 20.8. The fraction of sp³-hybridized carbons (Fsp3) is 0.259. The maximum atomic E-state index is 13.5. The highest BCUT2D eigenvalue weighted by Gasteiger charge is 2.29. The summed E-state index contributed by atoms with van der Waals surface area (Å²) in [6.45, 7) is 2.47. The van der Waals surface area contributed by atoms with Crippen molar-refractivity contribution >= 4 is 50.7 Å². The van der Waals surface area contributed by atoms with Crippen molar-refractivity contribution in [2.75, 3.05) is 45.1 Å². The Morgan fingerprint density at radius 2 is 1.58 bits per heavy atom. The van der Waals surface area contributed by atoms with Gasteiger partial charge in [0.1, 0.15) is 4.90 Å². The van der Waals surface area contributed by atoms with Crippen molar-refractivity contribution in [2.24, 2.45) is 0 Å². The highest BCUT2D eigenvalue weighted by Crippen LogP contribution is 2.28. The van der Waals surface area contributed by atoms with Gasteiger partial charge >= 0.3 is 0 Å². The van der Waals surface area contributed by atoms with Gasteiger partial charge in [-0.15, -0.1) is 0 Å². The van der Waals surface area contributed by atoms with E-state index >= 15 is 0 Å². The van der Waals surface area contributed by atoms with Crippen LogP contribution >= 0.6 is 23.2 Å². The minimum Gasteiger partial charge on any atom is -0.336 e. The number of rotatable bonds is 8. The van der Waals surface area contributed by atoms with Crippen LogP contribution in [0, 0.1) is 0 Å². The predicted molar refractivity (Wildman–Crippen MR) is 149 cm³/mol. The van der Waals surface area contributed by atoms with E-state index in [1.807, 2.05) is 13.1 Å². The minimum absolute atomic E-state index is 0.00785. The van der Waals surface area contributed by atoms with Gasteiger partial charge in [-0.25, -0.2) is 8.42 Å². The number of benzene rings is 3. The molecule has 8 nitrogen and oxygen atoms in total. The van der Waals surface area contributed by atoms with Gasteiger partial charge in [0, 0.05) is 49.0 Å². The number of likely N-dealkylation sites (N-methyl/N-ethyl adjacent to an activating group) is 1. The molecule has 38 heavy (non-hydrogen) atoms. The van der Waals surface area contributed by atoms with Crippen LogP contribution < -0.4 is 5.32 Å². The normalized spacial score (nSPS) is 14.5. The zero-order chi connectivity index (χ0) is 27.3. The Kier molecular flexibility index (Phi) is 9.07. The molecule has 3 aromatic rings. The molecule has 0 saturated carbocycles. The van der Waals surface area contributed by atoms with Gasteiger partial charge in [0.15, 0.2) is 0 Å². The first kappa shape index (κ1) is 28.1. The van der Waals surface area contributed by atoms with Crippen LogP contribution in [0.4, 0.5) is 5.69 Å². The number of anilines is 1. The SMILES string of the molecule is CN1CCN(C(=O)c2ccc(NC(=O)CN(Cc3ccccc3)S(=O)(=O)c3cc(Cl)ccc3Cl)cc2)CC1. The maximum absolute atomic E-state index is 13.5. The summed E-state index contributed by atoms with van der Waals surface area (Å²) >= 11 is 12.2. The molecular formula is C27H28Cl2N4O4S. The third-order valence-corrected chi connectivity index (χ3v) is 8.75. The van der Waals surface area contributed by atoms with Gasteiger partial charge in [-0.2, -0.15) is 4.31 Å². The van der Waals surface area contributed by atoms with Crippen LogP contribution in [0.3, 0.4) is 0 Å². The summed E-state index contributed by atoms with van der Waals surface area (Å²) < 4.78 is 28.1. The number of halogens is 2. The highest BCUT2D eigenvalue weighted by atomic mass is 35.5. The maximum Gasteiger partial charge on any atom is 0.253 e. The van der Waals surface area contributed by atoms with Crippen molar-refractivity contribution in [3.63, 3.8) is 0 Å². The van der Waals surface area contributed by atoms with Crippen molar-refractivity contribution < 1.29 is 18.0 Å². The van der Waals surface area contributed by atoms with Gasteiger partial charge in [0.2, 0.25) is 15.9 Å². The molecule has 0 radical (unpaired) electrons. The molecule has 1 saturated heterocycles. The third-order valence-electron chi connectivity index (χ3n) is 6.24. The van der Waals surface area contributed by atoms with Crippen molar-refractivity contribution in [3.05, 3.63) is 94.0 Å². The predicted octanol–water partition coefficient (Wildman–Crippen LogP) is 4.21. The molecule has 0 bridgehead atoms. The molecule has 4 rings (SSSR count). The van der Waals surface area contributed by atoms with Crippen LogP contribution in [-0.4, -0.2) is 74.1 Å². The molecule has 0 aliphatic carbocycles. The highest BCUT2D eigenvalue weighted by molar-refractivity contribution is 7.89. The summed E-state index contributed by atoms with van der Waals surface area (Å²) in [6, 6.07) is 19.7. The number of amides is 2. The van der Waals surface area contributed by atoms with E-state index in [1.54, 1.807) is 53.4 Å². The first-order chi connectivity index (χ1) is 18.1. The van der Waals surface area contributed by atoms with Crippen LogP contribution in [0.2, 0.25) is 10.0 Å². The van der Waals surface area contributed by atoms with Gasteiger partial charge in [-0.1, -0.05) is 53.5 Å². The molecule has 1 fully saturated rings. The Bertz CT molecular complexity index is 1390. The molecule has 1 aliphatic heterocycles. The third kappa shape index (κ3) is 6.92. The van der Waals surface area contributed by atoms with E-state index in [4.69, 9.17) is 23.2 Å². The number of carbonyl (C=O) groups excluding carboxylic acids is 2. The van der Waals surface area contributed by atoms with Crippen LogP contribution in [0.1, 0.15) is 15.9 Å². The smallest absolute Gasteiger partial charge is 0.253 e. The molecular weight excluding hydrogens is 547 g/mol.